The van der Waals surface area contributed by atoms with Gasteiger partial charge in [0.1, 0.15) is 0 Å². The van der Waals surface area contributed by atoms with Gasteiger partial charge in [0.15, 0.2) is 0 Å². The average Bonchev–Trinajstić information content (AvgIpc) is 2.23. The Morgan fingerprint density at radius 1 is 1.10 bits per heavy atom. The van der Waals surface area contributed by atoms with Crippen LogP contribution in [0.25, 0.3) is 0 Å². The van der Waals surface area contributed by atoms with Gasteiger partial charge in [0.2, 0.25) is 0 Å². The molecule has 122 valence electrons. The molecule has 3 N–H and O–H groups in total. The smallest absolute Gasteiger partial charge is 0.315 e. The molecule has 1 unspecified atom stereocenters. The summed E-state index contributed by atoms with van der Waals surface area (Å²) in [4.78, 5) is 14.5. The molecule has 0 saturated carbocycles. The first-order chi connectivity index (χ1) is 9.65. The number of likely N-dealkylation sites (N-methyl/N-ethyl adjacent to an activating group) is 1. The third-order valence-corrected chi connectivity index (χ3v) is 4.49. The van der Waals surface area contributed by atoms with Crippen molar-refractivity contribution in [2.24, 2.45) is 0 Å². The molecule has 0 aromatic heterocycles. The quantitative estimate of drug-likeness (QED) is 0.727. The van der Waals surface area contributed by atoms with Gasteiger partial charge in [-0.05, 0) is 67.0 Å². The fourth-order valence-corrected chi connectivity index (χ4v) is 4.12. The van der Waals surface area contributed by atoms with Crippen molar-refractivity contribution < 1.29 is 4.79 Å². The molecular weight excluding hydrogens is 264 g/mol. The van der Waals surface area contributed by atoms with Crippen molar-refractivity contribution in [1.29, 1.82) is 0 Å². The second-order valence-corrected chi connectivity index (χ2v) is 8.22. The third kappa shape index (κ3) is 5.15. The van der Waals surface area contributed by atoms with E-state index in [1.165, 1.54) is 0 Å². The number of likely N-dealkylation sites (tertiary alicyclic amines) is 1. The highest BCUT2D eigenvalue weighted by molar-refractivity contribution is 5.74. The molecule has 2 rings (SSSR count). The summed E-state index contributed by atoms with van der Waals surface area (Å²) < 4.78 is 0. The zero-order valence-corrected chi connectivity index (χ0v) is 14.3. The van der Waals surface area contributed by atoms with Gasteiger partial charge in [-0.15, -0.1) is 0 Å². The minimum Gasteiger partial charge on any atom is -0.335 e. The van der Waals surface area contributed by atoms with Crippen molar-refractivity contribution in [2.75, 3.05) is 20.1 Å². The Morgan fingerprint density at radius 3 is 2.24 bits per heavy atom. The number of nitrogens with zero attached hydrogens (tertiary/aromatic N) is 1. The number of carbonyl (C=O) groups excluding carboxylic acids is 1. The first-order valence-electron chi connectivity index (χ1n) is 8.20. The maximum absolute atomic E-state index is 12.2. The van der Waals surface area contributed by atoms with Crippen LogP contribution in [-0.2, 0) is 0 Å². The van der Waals surface area contributed by atoms with Crippen molar-refractivity contribution >= 4 is 6.03 Å². The predicted octanol–water partition coefficient (Wildman–Crippen LogP) is 1.69. The standard InChI is InChI=1S/C16H32N4O/c1-15(2)9-13(10-16(3,4)19-15)18-14(21)17-12-7-6-8-20(5)11-12/h12-13,19H,6-11H2,1-5H3,(H2,17,18,21). The Morgan fingerprint density at radius 2 is 1.67 bits per heavy atom. The van der Waals surface area contributed by atoms with E-state index in [-0.39, 0.29) is 29.2 Å². The fourth-order valence-electron chi connectivity index (χ4n) is 4.12. The Bertz CT molecular complexity index is 364. The highest BCUT2D eigenvalue weighted by Gasteiger charge is 2.38. The number of amides is 2. The highest BCUT2D eigenvalue weighted by Crippen LogP contribution is 2.28. The summed E-state index contributed by atoms with van der Waals surface area (Å²) in [5.41, 5.74) is 0.121. The van der Waals surface area contributed by atoms with Crippen LogP contribution in [-0.4, -0.2) is 54.2 Å². The van der Waals surface area contributed by atoms with E-state index < -0.39 is 0 Å². The molecule has 0 aromatic carbocycles. The van der Waals surface area contributed by atoms with Gasteiger partial charge < -0.3 is 20.9 Å². The molecule has 2 aliphatic rings. The van der Waals surface area contributed by atoms with Gasteiger partial charge in [-0.1, -0.05) is 0 Å². The highest BCUT2D eigenvalue weighted by atomic mass is 16.2. The largest absolute Gasteiger partial charge is 0.335 e. The summed E-state index contributed by atoms with van der Waals surface area (Å²) in [5, 5.41) is 9.97. The van der Waals surface area contributed by atoms with Crippen molar-refractivity contribution in [3.05, 3.63) is 0 Å². The minimum atomic E-state index is -0.00574. The molecule has 2 amide bonds. The van der Waals surface area contributed by atoms with Crippen LogP contribution >= 0.6 is 0 Å². The van der Waals surface area contributed by atoms with Crippen LogP contribution in [0.5, 0.6) is 0 Å². The van der Waals surface area contributed by atoms with Crippen LogP contribution in [0.15, 0.2) is 0 Å². The second kappa shape index (κ2) is 6.13. The van der Waals surface area contributed by atoms with Crippen molar-refractivity contribution in [2.45, 2.75) is 76.5 Å². The summed E-state index contributed by atoms with van der Waals surface area (Å²) in [7, 11) is 2.11. The van der Waals surface area contributed by atoms with Gasteiger partial charge in [0.05, 0.1) is 0 Å². The van der Waals surface area contributed by atoms with Gasteiger partial charge in [0.25, 0.3) is 0 Å². The summed E-state index contributed by atoms with van der Waals surface area (Å²) in [5.74, 6) is 0. The van der Waals surface area contributed by atoms with E-state index in [1.807, 2.05) is 0 Å². The molecule has 2 aliphatic heterocycles. The Balaban J connectivity index is 1.84. The van der Waals surface area contributed by atoms with Crippen LogP contribution in [0.1, 0.15) is 53.4 Å². The number of hydrogen-bond donors (Lipinski definition) is 3. The number of piperidine rings is 2. The molecule has 0 aromatic rings. The van der Waals surface area contributed by atoms with Crippen LogP contribution in [0.4, 0.5) is 4.79 Å². The minimum absolute atomic E-state index is 0.00574. The molecule has 0 aliphatic carbocycles. The number of nitrogens with one attached hydrogen (secondary N) is 3. The van der Waals surface area contributed by atoms with Crippen molar-refractivity contribution in [3.63, 3.8) is 0 Å². The first-order valence-corrected chi connectivity index (χ1v) is 8.20. The lowest BCUT2D eigenvalue weighted by Crippen LogP contribution is -2.63. The van der Waals surface area contributed by atoms with Crippen LogP contribution in [0.3, 0.4) is 0 Å². The number of urea groups is 1. The van der Waals surface area contributed by atoms with E-state index in [4.69, 9.17) is 0 Å². The zero-order valence-electron chi connectivity index (χ0n) is 14.3. The fraction of sp³-hybridized carbons (Fsp3) is 0.938. The van der Waals surface area contributed by atoms with Crippen LogP contribution < -0.4 is 16.0 Å². The SMILES string of the molecule is CN1CCCC(NC(=O)NC2CC(C)(C)NC(C)(C)C2)C1. The average molecular weight is 296 g/mol. The molecule has 5 heteroatoms. The first kappa shape index (κ1) is 16.6. The Hall–Kier alpha value is -0.810. The summed E-state index contributed by atoms with van der Waals surface area (Å²) in [6, 6.07) is 0.512. The van der Waals surface area contributed by atoms with E-state index in [9.17, 15) is 4.79 Å². The number of carbonyl (C=O) groups is 1. The molecule has 2 saturated heterocycles. The third-order valence-electron chi connectivity index (χ3n) is 4.49. The zero-order chi connectivity index (χ0) is 15.7. The molecular formula is C16H32N4O. The lowest BCUT2D eigenvalue weighted by atomic mass is 9.80. The Kier molecular flexibility index (Phi) is 4.83. The molecule has 5 nitrogen and oxygen atoms in total. The van der Waals surface area contributed by atoms with E-state index in [0.717, 1.165) is 38.8 Å². The van der Waals surface area contributed by atoms with Gasteiger partial charge in [-0.2, -0.15) is 0 Å². The summed E-state index contributed by atoms with van der Waals surface area (Å²) in [6.07, 6.45) is 4.18. The summed E-state index contributed by atoms with van der Waals surface area (Å²) >= 11 is 0. The topological polar surface area (TPSA) is 56.4 Å². The number of hydrogen-bond acceptors (Lipinski definition) is 3. The van der Waals surface area contributed by atoms with E-state index in [1.54, 1.807) is 0 Å². The second-order valence-electron chi connectivity index (χ2n) is 8.22. The lowest BCUT2D eigenvalue weighted by molar-refractivity contribution is 0.145. The maximum atomic E-state index is 12.2. The molecule has 2 fully saturated rings. The van der Waals surface area contributed by atoms with E-state index in [0.29, 0.717) is 0 Å². The van der Waals surface area contributed by atoms with Gasteiger partial charge in [0, 0.05) is 29.7 Å². The Labute approximate surface area is 129 Å². The van der Waals surface area contributed by atoms with Crippen molar-refractivity contribution in [1.82, 2.24) is 20.9 Å². The molecule has 0 radical (unpaired) electrons. The van der Waals surface area contributed by atoms with E-state index in [2.05, 4.69) is 55.6 Å². The molecule has 0 spiro atoms. The van der Waals surface area contributed by atoms with Crippen molar-refractivity contribution in [3.8, 4) is 0 Å². The molecule has 2 heterocycles. The van der Waals surface area contributed by atoms with Gasteiger partial charge in [-0.25, -0.2) is 4.79 Å². The van der Waals surface area contributed by atoms with Gasteiger partial charge >= 0.3 is 6.03 Å². The van der Waals surface area contributed by atoms with E-state index >= 15 is 0 Å². The normalized spacial score (nSPS) is 29.9. The molecule has 0 bridgehead atoms. The maximum Gasteiger partial charge on any atom is 0.315 e. The molecule has 21 heavy (non-hydrogen) atoms. The van der Waals surface area contributed by atoms with Gasteiger partial charge in [-0.3, -0.25) is 0 Å². The monoisotopic (exact) mass is 296 g/mol. The molecule has 1 atom stereocenters. The van der Waals surface area contributed by atoms with Crippen LogP contribution in [0.2, 0.25) is 0 Å². The lowest BCUT2D eigenvalue weighted by Gasteiger charge is -2.46. The predicted molar refractivity (Wildman–Crippen MR) is 86.5 cm³/mol. The summed E-state index contributed by atoms with van der Waals surface area (Å²) in [6.45, 7) is 10.9. The van der Waals surface area contributed by atoms with Crippen LogP contribution in [0, 0.1) is 0 Å². The number of rotatable bonds is 2.